The number of hydrogen-bond donors (Lipinski definition) is 0. The lowest BCUT2D eigenvalue weighted by atomic mass is 9.33. The van der Waals surface area contributed by atoms with Crippen LogP contribution in [0, 0.1) is 0 Å². The molecule has 0 saturated heterocycles. The number of anilines is 8. The zero-order valence-electron chi connectivity index (χ0n) is 53.5. The van der Waals surface area contributed by atoms with Gasteiger partial charge in [-0.1, -0.05) is 221 Å². The van der Waals surface area contributed by atoms with Crippen LogP contribution < -0.4 is 31.1 Å². The van der Waals surface area contributed by atoms with Crippen molar-refractivity contribution >= 4 is 68.6 Å². The monoisotopic (exact) mass is 1090 g/mol. The molecule has 13 rings (SSSR count). The van der Waals surface area contributed by atoms with Crippen molar-refractivity contribution in [3.8, 4) is 11.1 Å². The molecule has 4 heteroatoms. The van der Waals surface area contributed by atoms with Crippen molar-refractivity contribution in [3.63, 3.8) is 0 Å². The molecule has 424 valence electrons. The smallest absolute Gasteiger partial charge is 0.252 e. The molecule has 5 aliphatic rings. The zero-order chi connectivity index (χ0) is 58.9. The van der Waals surface area contributed by atoms with E-state index in [1.807, 2.05) is 0 Å². The third-order valence-electron chi connectivity index (χ3n) is 21.3. The average Bonchev–Trinajstić information content (AvgIpc) is 1.73. The first-order valence-corrected chi connectivity index (χ1v) is 31.3. The molecule has 0 bridgehead atoms. The van der Waals surface area contributed by atoms with Gasteiger partial charge in [0.2, 0.25) is 0 Å². The van der Waals surface area contributed by atoms with Crippen LogP contribution in [-0.4, -0.2) is 12.3 Å². The minimum absolute atomic E-state index is 0.00105. The van der Waals surface area contributed by atoms with E-state index in [4.69, 9.17) is 0 Å². The molecule has 2 atom stereocenters. The Morgan fingerprint density at radius 1 is 0.398 bits per heavy atom. The van der Waals surface area contributed by atoms with E-state index in [9.17, 15) is 0 Å². The Morgan fingerprint density at radius 3 is 1.49 bits per heavy atom. The maximum Gasteiger partial charge on any atom is 0.252 e. The van der Waals surface area contributed by atoms with Crippen LogP contribution in [0.25, 0.3) is 11.1 Å². The van der Waals surface area contributed by atoms with Crippen LogP contribution in [0.15, 0.2) is 158 Å². The third kappa shape index (κ3) is 8.63. The van der Waals surface area contributed by atoms with Crippen LogP contribution in [0.3, 0.4) is 0 Å². The topological polar surface area (TPSA) is 9.72 Å². The molecular formula is C79H90BN3. The van der Waals surface area contributed by atoms with Crippen LogP contribution in [0.4, 0.5) is 45.5 Å². The van der Waals surface area contributed by atoms with Crippen LogP contribution in [0.5, 0.6) is 0 Å². The Bertz CT molecular complexity index is 3930. The predicted octanol–water partition coefficient (Wildman–Crippen LogP) is 19.5. The number of rotatable bonds is 6. The Labute approximate surface area is 499 Å². The molecule has 2 unspecified atom stereocenters. The fourth-order valence-electron chi connectivity index (χ4n) is 15.4. The van der Waals surface area contributed by atoms with Gasteiger partial charge in [0.15, 0.2) is 0 Å². The van der Waals surface area contributed by atoms with Crippen molar-refractivity contribution in [2.45, 2.75) is 200 Å². The molecular weight excluding hydrogens is 1000 g/mol. The van der Waals surface area contributed by atoms with Crippen LogP contribution >= 0.6 is 0 Å². The van der Waals surface area contributed by atoms with Crippen molar-refractivity contribution in [1.82, 2.24) is 0 Å². The second-order valence-electron chi connectivity index (χ2n) is 31.8. The van der Waals surface area contributed by atoms with Gasteiger partial charge in [-0.3, -0.25) is 0 Å². The lowest BCUT2D eigenvalue weighted by molar-refractivity contribution is 0.133. The van der Waals surface area contributed by atoms with Crippen molar-refractivity contribution in [2.75, 3.05) is 14.7 Å². The van der Waals surface area contributed by atoms with Gasteiger partial charge < -0.3 is 14.7 Å². The lowest BCUT2D eigenvalue weighted by Gasteiger charge is -2.56. The average molecular weight is 1090 g/mol. The molecule has 0 spiro atoms. The first kappa shape index (κ1) is 55.4. The van der Waals surface area contributed by atoms with Gasteiger partial charge >= 0.3 is 0 Å². The van der Waals surface area contributed by atoms with Crippen LogP contribution in [0.1, 0.15) is 200 Å². The molecule has 1 fully saturated rings. The van der Waals surface area contributed by atoms with Crippen molar-refractivity contribution in [1.29, 1.82) is 0 Å². The Morgan fingerprint density at radius 2 is 0.916 bits per heavy atom. The molecule has 2 aliphatic carbocycles. The minimum atomic E-state index is -0.182. The summed E-state index contributed by atoms with van der Waals surface area (Å²) in [5, 5.41) is 0. The van der Waals surface area contributed by atoms with E-state index in [2.05, 4.69) is 297 Å². The summed E-state index contributed by atoms with van der Waals surface area (Å²) in [5.74, 6) is 0. The summed E-state index contributed by atoms with van der Waals surface area (Å²) in [6.45, 7) is 43.6. The normalized spacial score (nSPS) is 20.2. The maximum atomic E-state index is 2.78. The van der Waals surface area contributed by atoms with Gasteiger partial charge in [-0.25, -0.2) is 0 Å². The second kappa shape index (κ2) is 18.4. The highest BCUT2D eigenvalue weighted by atomic mass is 15.3. The van der Waals surface area contributed by atoms with Gasteiger partial charge in [-0.15, -0.1) is 0 Å². The molecule has 8 aromatic carbocycles. The third-order valence-corrected chi connectivity index (χ3v) is 21.3. The fourth-order valence-corrected chi connectivity index (χ4v) is 15.4. The summed E-state index contributed by atoms with van der Waals surface area (Å²) in [6.07, 6.45) is 5.44. The molecule has 1 saturated carbocycles. The molecule has 0 amide bonds. The highest BCUT2D eigenvalue weighted by molar-refractivity contribution is 7.00. The molecule has 3 nitrogen and oxygen atoms in total. The van der Waals surface area contributed by atoms with E-state index in [-0.39, 0.29) is 50.2 Å². The quantitative estimate of drug-likeness (QED) is 0.154. The number of fused-ring (bicyclic) bond motifs is 8. The summed E-state index contributed by atoms with van der Waals surface area (Å²) in [6, 6.07) is 63.1. The first-order chi connectivity index (χ1) is 38.9. The number of benzene rings is 8. The van der Waals surface area contributed by atoms with Crippen LogP contribution in [0.2, 0.25) is 0 Å². The minimum Gasteiger partial charge on any atom is -0.334 e. The summed E-state index contributed by atoms with van der Waals surface area (Å²) in [4.78, 5) is 8.27. The number of hydrogen-bond acceptors (Lipinski definition) is 3. The van der Waals surface area contributed by atoms with Gasteiger partial charge in [-0.2, -0.15) is 0 Å². The predicted molar refractivity (Wildman–Crippen MR) is 359 cm³/mol. The summed E-state index contributed by atoms with van der Waals surface area (Å²) in [5.41, 5.74) is 29.1. The Hall–Kier alpha value is -6.78. The van der Waals surface area contributed by atoms with Crippen LogP contribution in [-0.2, 0) is 44.3 Å². The van der Waals surface area contributed by atoms with Gasteiger partial charge in [-0.05, 0) is 198 Å². The maximum absolute atomic E-state index is 2.78. The summed E-state index contributed by atoms with van der Waals surface area (Å²) >= 11 is 0. The van der Waals surface area contributed by atoms with Gasteiger partial charge in [0.25, 0.3) is 6.71 Å². The fraction of sp³-hybridized carbons (Fsp3) is 0.392. The SMILES string of the molecule is CC(C)(C)c1ccc(N2c3cc(N4c5ccc(C(C)(C)C)cc5C5(C)CCC45C)ccc3B3c4cc5c(cc4N(c4ccc(C(C)(C)C)cc4-c4ccccc4)c4cc(C(C)(C)C)cc2c43)C(C)(C)CCC5(C)C)c(Cc2ccccc2)c1. The van der Waals surface area contributed by atoms with E-state index in [0.717, 1.165) is 25.7 Å². The van der Waals surface area contributed by atoms with E-state index in [1.54, 1.807) is 0 Å². The number of nitrogens with zero attached hydrogens (tertiary/aromatic N) is 3. The molecule has 0 N–H and O–H groups in total. The Kier molecular flexibility index (Phi) is 12.3. The molecule has 83 heavy (non-hydrogen) atoms. The second-order valence-corrected chi connectivity index (χ2v) is 31.8. The summed E-state index contributed by atoms with van der Waals surface area (Å²) < 4.78 is 0. The Balaban J connectivity index is 1.17. The van der Waals surface area contributed by atoms with E-state index in [1.165, 1.54) is 130 Å². The molecule has 0 aromatic heterocycles. The molecule has 3 heterocycles. The molecule has 3 aliphatic heterocycles. The standard InChI is InChI=1S/C79H90BN3/c1-72(2,3)53-29-34-64(52(42-53)41-50-25-21-19-22-26-50)81-67-47-57(83-66-36-31-55(74(7,8)9)44-61(66)78(17)39-40-79(78,83)18)32-33-62(67)80-63-48-59-60(77(15,16)38-37-76(59,13)14)49-68(63)82(70-46-56(75(10,11)12)45-69(81)71(70)80)65-35-30-54(73(4,5)6)43-58(65)51-27-23-20-24-28-51/h19-36,42-49H,37-41H2,1-18H3. The van der Waals surface area contributed by atoms with Crippen molar-refractivity contribution in [3.05, 3.63) is 208 Å². The van der Waals surface area contributed by atoms with E-state index >= 15 is 0 Å². The molecule has 0 radical (unpaired) electrons. The first-order valence-electron chi connectivity index (χ1n) is 31.3. The highest BCUT2D eigenvalue weighted by Gasteiger charge is 2.63. The summed E-state index contributed by atoms with van der Waals surface area (Å²) in [7, 11) is 0. The van der Waals surface area contributed by atoms with E-state index < -0.39 is 0 Å². The van der Waals surface area contributed by atoms with Gasteiger partial charge in [0, 0.05) is 50.8 Å². The van der Waals surface area contributed by atoms with Crippen molar-refractivity contribution < 1.29 is 0 Å². The van der Waals surface area contributed by atoms with E-state index in [0.29, 0.717) is 0 Å². The lowest BCUT2D eigenvalue weighted by Crippen LogP contribution is -2.62. The highest BCUT2D eigenvalue weighted by Crippen LogP contribution is 2.66. The zero-order valence-corrected chi connectivity index (χ0v) is 53.5. The van der Waals surface area contributed by atoms with Crippen molar-refractivity contribution in [2.24, 2.45) is 0 Å². The van der Waals surface area contributed by atoms with Gasteiger partial charge in [0.05, 0.1) is 11.2 Å². The largest absolute Gasteiger partial charge is 0.334 e. The van der Waals surface area contributed by atoms with Gasteiger partial charge in [0.1, 0.15) is 0 Å². The molecule has 8 aromatic rings.